The van der Waals surface area contributed by atoms with Gasteiger partial charge in [-0.25, -0.2) is 0 Å². The third kappa shape index (κ3) is 1.64. The summed E-state index contributed by atoms with van der Waals surface area (Å²) in [5, 5.41) is 10.3. The van der Waals surface area contributed by atoms with Gasteiger partial charge in [0.15, 0.2) is 11.5 Å². The van der Waals surface area contributed by atoms with Crippen LogP contribution in [0.5, 0.6) is 11.5 Å². The number of fused-ring (bicyclic) bond motifs is 8. The van der Waals surface area contributed by atoms with Crippen LogP contribution < -0.4 is 9.47 Å². The number of aliphatic hydroxyl groups excluding tert-OH is 1. The van der Waals surface area contributed by atoms with E-state index >= 15 is 0 Å². The summed E-state index contributed by atoms with van der Waals surface area (Å²) in [5.74, 6) is 2.06. The second-order valence-electron chi connectivity index (χ2n) is 6.57. The van der Waals surface area contributed by atoms with Gasteiger partial charge in [-0.15, -0.1) is 0 Å². The van der Waals surface area contributed by atoms with Crippen LogP contribution in [0.15, 0.2) is 23.8 Å². The maximum Gasteiger partial charge on any atom is 0.231 e. The van der Waals surface area contributed by atoms with Crippen molar-refractivity contribution in [3.05, 3.63) is 34.9 Å². The molecule has 2 bridgehead atoms. The average molecular weight is 301 g/mol. The molecule has 4 aliphatic rings. The lowest BCUT2D eigenvalue weighted by atomic mass is 9.82. The number of rotatable bonds is 1. The molecule has 1 aliphatic carbocycles. The topological polar surface area (TPSA) is 51.2 Å². The number of methoxy groups -OCH3 is 1. The van der Waals surface area contributed by atoms with Gasteiger partial charge in [-0.1, -0.05) is 6.08 Å². The minimum absolute atomic E-state index is 0.104. The third-order valence-corrected chi connectivity index (χ3v) is 5.53. The van der Waals surface area contributed by atoms with E-state index in [1.165, 1.54) is 16.7 Å². The van der Waals surface area contributed by atoms with Crippen molar-refractivity contribution in [2.24, 2.45) is 0 Å². The fraction of sp³-hybridized carbons (Fsp3) is 0.529. The first-order chi connectivity index (χ1) is 10.7. The highest BCUT2D eigenvalue weighted by molar-refractivity contribution is 5.54. The minimum atomic E-state index is -0.505. The van der Waals surface area contributed by atoms with Crippen LogP contribution in [0, 0.1) is 0 Å². The van der Waals surface area contributed by atoms with Crippen LogP contribution in [0.3, 0.4) is 0 Å². The van der Waals surface area contributed by atoms with E-state index in [0.717, 1.165) is 31.0 Å². The first-order valence-electron chi connectivity index (χ1n) is 7.83. The Morgan fingerprint density at radius 1 is 1.27 bits per heavy atom. The third-order valence-electron chi connectivity index (χ3n) is 5.53. The van der Waals surface area contributed by atoms with Gasteiger partial charge in [0.05, 0.1) is 12.2 Å². The van der Waals surface area contributed by atoms with Gasteiger partial charge in [0.2, 0.25) is 6.79 Å². The second kappa shape index (κ2) is 4.47. The highest BCUT2D eigenvalue weighted by Gasteiger charge is 2.46. The molecule has 1 unspecified atom stereocenters. The Kier molecular flexibility index (Phi) is 2.63. The molecule has 1 saturated heterocycles. The lowest BCUT2D eigenvalue weighted by Gasteiger charge is -2.33. The Morgan fingerprint density at radius 3 is 2.91 bits per heavy atom. The molecule has 22 heavy (non-hydrogen) atoms. The maximum absolute atomic E-state index is 10.3. The van der Waals surface area contributed by atoms with Crippen LogP contribution in [0.1, 0.15) is 23.5 Å². The molecular weight excluding hydrogens is 282 g/mol. The first kappa shape index (κ1) is 12.9. The zero-order chi connectivity index (χ0) is 14.8. The van der Waals surface area contributed by atoms with E-state index in [4.69, 9.17) is 14.2 Å². The molecular formula is C17H19NO4. The van der Waals surface area contributed by atoms with Crippen molar-refractivity contribution in [2.75, 3.05) is 20.4 Å². The fourth-order valence-corrected chi connectivity index (χ4v) is 4.45. The quantitative estimate of drug-likeness (QED) is 0.795. The van der Waals surface area contributed by atoms with Crippen molar-refractivity contribution in [1.29, 1.82) is 0 Å². The van der Waals surface area contributed by atoms with Gasteiger partial charge in [0, 0.05) is 32.2 Å². The lowest BCUT2D eigenvalue weighted by Crippen LogP contribution is -2.40. The van der Waals surface area contributed by atoms with Crippen molar-refractivity contribution in [3.63, 3.8) is 0 Å². The predicted molar refractivity (Wildman–Crippen MR) is 79.0 cm³/mol. The van der Waals surface area contributed by atoms with E-state index in [1.807, 2.05) is 6.08 Å². The zero-order valence-corrected chi connectivity index (χ0v) is 12.5. The SMILES string of the molecule is CO[C@H]1C[C@H]2C(=C[C@H]1O)[C@@H]1CN2Cc2cc3c(cc21)OCO3. The standard InChI is InChI=1S/C17H19NO4/c1-20-15-5-13-11(3-14(15)19)12-7-18(13)6-9-2-16-17(4-10(9)12)22-8-21-16/h2-4,12-15,19H,5-8H2,1H3/t12-,13+,14-,15+/m1/s1. The molecule has 0 spiro atoms. The molecule has 5 atom stereocenters. The monoisotopic (exact) mass is 301 g/mol. The summed E-state index contributed by atoms with van der Waals surface area (Å²) in [7, 11) is 1.68. The number of hydrogen-bond acceptors (Lipinski definition) is 5. The van der Waals surface area contributed by atoms with Crippen LogP contribution in [0.2, 0.25) is 0 Å². The van der Waals surface area contributed by atoms with Gasteiger partial charge in [-0.3, -0.25) is 4.90 Å². The fourth-order valence-electron chi connectivity index (χ4n) is 4.45. The normalized spacial score (nSPS) is 37.5. The smallest absolute Gasteiger partial charge is 0.231 e. The molecule has 5 nitrogen and oxygen atoms in total. The number of benzene rings is 1. The number of aliphatic hydroxyl groups is 1. The van der Waals surface area contributed by atoms with Gasteiger partial charge >= 0.3 is 0 Å². The first-order valence-corrected chi connectivity index (χ1v) is 7.83. The molecule has 1 aromatic carbocycles. The van der Waals surface area contributed by atoms with E-state index < -0.39 is 6.10 Å². The molecule has 3 heterocycles. The summed E-state index contributed by atoms with van der Waals surface area (Å²) < 4.78 is 16.5. The Bertz CT molecular complexity index is 671. The molecule has 1 fully saturated rings. The Morgan fingerprint density at radius 2 is 2.09 bits per heavy atom. The summed E-state index contributed by atoms with van der Waals surface area (Å²) >= 11 is 0. The highest BCUT2D eigenvalue weighted by atomic mass is 16.7. The molecule has 1 N–H and O–H groups in total. The van der Waals surface area contributed by atoms with Gasteiger partial charge in [-0.2, -0.15) is 0 Å². The van der Waals surface area contributed by atoms with Gasteiger partial charge in [0.25, 0.3) is 0 Å². The molecule has 116 valence electrons. The summed E-state index contributed by atoms with van der Waals surface area (Å²) in [5.41, 5.74) is 4.00. The molecule has 0 amide bonds. The van der Waals surface area contributed by atoms with Gasteiger partial charge in [-0.05, 0) is 35.3 Å². The molecule has 1 aromatic rings. The lowest BCUT2D eigenvalue weighted by molar-refractivity contribution is -0.0108. The zero-order valence-electron chi connectivity index (χ0n) is 12.5. The van der Waals surface area contributed by atoms with Crippen molar-refractivity contribution in [3.8, 4) is 11.5 Å². The molecule has 3 aliphatic heterocycles. The summed E-state index contributed by atoms with van der Waals surface area (Å²) in [4.78, 5) is 2.50. The van der Waals surface area contributed by atoms with E-state index in [9.17, 15) is 5.11 Å². The Balaban J connectivity index is 1.59. The largest absolute Gasteiger partial charge is 0.454 e. The van der Waals surface area contributed by atoms with Crippen molar-refractivity contribution in [2.45, 2.75) is 37.1 Å². The van der Waals surface area contributed by atoms with E-state index in [1.54, 1.807) is 7.11 Å². The molecule has 0 radical (unpaired) electrons. The van der Waals surface area contributed by atoms with Gasteiger partial charge < -0.3 is 19.3 Å². The average Bonchev–Trinajstić information content (AvgIpc) is 3.08. The summed E-state index contributed by atoms with van der Waals surface area (Å²) in [6, 6.07) is 4.64. The minimum Gasteiger partial charge on any atom is -0.454 e. The van der Waals surface area contributed by atoms with Crippen LogP contribution >= 0.6 is 0 Å². The van der Waals surface area contributed by atoms with E-state index in [0.29, 0.717) is 18.8 Å². The van der Waals surface area contributed by atoms with E-state index in [-0.39, 0.29) is 6.10 Å². The van der Waals surface area contributed by atoms with Crippen LogP contribution in [-0.4, -0.2) is 48.7 Å². The predicted octanol–water partition coefficient (Wildman–Crippen LogP) is 1.40. The number of ether oxygens (including phenoxy) is 3. The van der Waals surface area contributed by atoms with Crippen LogP contribution in [0.4, 0.5) is 0 Å². The highest BCUT2D eigenvalue weighted by Crippen LogP contribution is 2.49. The second-order valence-corrected chi connectivity index (χ2v) is 6.57. The summed E-state index contributed by atoms with van der Waals surface area (Å²) in [6.07, 6.45) is 2.27. The summed E-state index contributed by atoms with van der Waals surface area (Å²) in [6.45, 7) is 2.26. The number of hydrogen-bond donors (Lipinski definition) is 1. The molecule has 0 aromatic heterocycles. The molecule has 5 rings (SSSR count). The van der Waals surface area contributed by atoms with Crippen molar-refractivity contribution in [1.82, 2.24) is 4.90 Å². The van der Waals surface area contributed by atoms with Crippen molar-refractivity contribution < 1.29 is 19.3 Å². The number of nitrogens with zero attached hydrogens (tertiary/aromatic N) is 1. The Labute approximate surface area is 129 Å². The Hall–Kier alpha value is -1.56. The maximum atomic E-state index is 10.3. The molecule has 5 heteroatoms. The molecule has 0 saturated carbocycles. The van der Waals surface area contributed by atoms with E-state index in [2.05, 4.69) is 17.0 Å². The van der Waals surface area contributed by atoms with Crippen LogP contribution in [-0.2, 0) is 11.3 Å². The van der Waals surface area contributed by atoms with Gasteiger partial charge in [0.1, 0.15) is 0 Å². The van der Waals surface area contributed by atoms with Crippen LogP contribution in [0.25, 0.3) is 0 Å². The van der Waals surface area contributed by atoms with Crippen molar-refractivity contribution >= 4 is 0 Å².